The molecular weight excluding hydrogens is 374 g/mol. The van der Waals surface area contributed by atoms with Crippen LogP contribution < -0.4 is 5.32 Å². The molecule has 1 N–H and O–H groups in total. The normalized spacial score (nSPS) is 10.4. The molecule has 0 spiro atoms. The Bertz CT molecular complexity index is 1010. The van der Waals surface area contributed by atoms with Crippen molar-refractivity contribution in [3.05, 3.63) is 87.1 Å². The molecule has 5 nitrogen and oxygen atoms in total. The lowest BCUT2D eigenvalue weighted by atomic mass is 10.0. The summed E-state index contributed by atoms with van der Waals surface area (Å²) in [7, 11) is 0. The van der Waals surface area contributed by atoms with Crippen LogP contribution in [0.1, 0.15) is 41.5 Å². The molecule has 1 aromatic heterocycles. The van der Waals surface area contributed by atoms with E-state index in [1.54, 1.807) is 42.5 Å². The number of carbonyl (C=O) groups excluding carboxylic acids is 3. The number of hydrogen-bond acceptors (Lipinski definition) is 5. The van der Waals surface area contributed by atoms with Gasteiger partial charge >= 0.3 is 5.97 Å². The molecule has 0 aliphatic carbocycles. The first-order valence-corrected chi connectivity index (χ1v) is 9.54. The molecule has 0 saturated carbocycles. The monoisotopic (exact) mass is 393 g/mol. The molecule has 142 valence electrons. The molecule has 0 atom stereocenters. The van der Waals surface area contributed by atoms with Gasteiger partial charge < -0.3 is 10.1 Å². The largest absolute Gasteiger partial charge is 0.454 e. The number of amides is 1. The van der Waals surface area contributed by atoms with Gasteiger partial charge in [0.05, 0.1) is 10.4 Å². The summed E-state index contributed by atoms with van der Waals surface area (Å²) in [5, 5.41) is 4.58. The SMILES string of the molecule is Cc1ccc(C(=O)COC(=O)c2ccc(NC(=O)c3cccs3)cc2)c(C)c1. The van der Waals surface area contributed by atoms with E-state index in [1.807, 2.05) is 31.4 Å². The quantitative estimate of drug-likeness (QED) is 0.488. The fourth-order valence-electron chi connectivity index (χ4n) is 2.71. The molecule has 1 heterocycles. The zero-order valence-electron chi connectivity index (χ0n) is 15.5. The Morgan fingerprint density at radius 2 is 1.75 bits per heavy atom. The highest BCUT2D eigenvalue weighted by Gasteiger charge is 2.14. The maximum Gasteiger partial charge on any atom is 0.338 e. The summed E-state index contributed by atoms with van der Waals surface area (Å²) in [6.07, 6.45) is 0. The number of benzene rings is 2. The second-order valence-corrected chi connectivity index (χ2v) is 7.27. The molecule has 0 saturated heterocycles. The minimum absolute atomic E-state index is 0.204. The zero-order valence-corrected chi connectivity index (χ0v) is 16.3. The van der Waals surface area contributed by atoms with Crippen molar-refractivity contribution in [2.24, 2.45) is 0 Å². The lowest BCUT2D eigenvalue weighted by Crippen LogP contribution is -2.15. The number of esters is 1. The van der Waals surface area contributed by atoms with Crippen LogP contribution in [0.3, 0.4) is 0 Å². The minimum Gasteiger partial charge on any atom is -0.454 e. The van der Waals surface area contributed by atoms with Crippen molar-refractivity contribution >= 4 is 34.7 Å². The minimum atomic E-state index is -0.589. The van der Waals surface area contributed by atoms with E-state index in [9.17, 15) is 14.4 Å². The number of aryl methyl sites for hydroxylation is 2. The highest BCUT2D eigenvalue weighted by atomic mass is 32.1. The zero-order chi connectivity index (χ0) is 20.1. The topological polar surface area (TPSA) is 72.5 Å². The highest BCUT2D eigenvalue weighted by Crippen LogP contribution is 2.15. The first-order valence-electron chi connectivity index (χ1n) is 8.66. The van der Waals surface area contributed by atoms with E-state index in [0.717, 1.165) is 11.1 Å². The number of ketones is 1. The Morgan fingerprint density at radius 3 is 2.39 bits per heavy atom. The smallest absolute Gasteiger partial charge is 0.338 e. The van der Waals surface area contributed by atoms with Gasteiger partial charge in [-0.3, -0.25) is 9.59 Å². The summed E-state index contributed by atoms with van der Waals surface area (Å²) < 4.78 is 5.14. The van der Waals surface area contributed by atoms with Crippen molar-refractivity contribution in [1.29, 1.82) is 0 Å². The molecule has 0 aliphatic rings. The summed E-state index contributed by atoms with van der Waals surface area (Å²) in [5.74, 6) is -1.04. The average molecular weight is 393 g/mol. The molecular formula is C22H19NO4S. The molecule has 3 rings (SSSR count). The summed E-state index contributed by atoms with van der Waals surface area (Å²) in [5.41, 5.74) is 3.35. The van der Waals surface area contributed by atoms with Gasteiger partial charge in [-0.1, -0.05) is 29.8 Å². The van der Waals surface area contributed by atoms with Gasteiger partial charge in [0, 0.05) is 11.3 Å². The van der Waals surface area contributed by atoms with Crippen LogP contribution in [-0.4, -0.2) is 24.3 Å². The summed E-state index contributed by atoms with van der Waals surface area (Å²) in [6, 6.07) is 15.4. The van der Waals surface area contributed by atoms with Gasteiger partial charge in [-0.25, -0.2) is 4.79 Å². The maximum atomic E-state index is 12.3. The van der Waals surface area contributed by atoms with E-state index in [4.69, 9.17) is 4.74 Å². The summed E-state index contributed by atoms with van der Waals surface area (Å²) >= 11 is 1.35. The van der Waals surface area contributed by atoms with E-state index in [2.05, 4.69) is 5.32 Å². The molecule has 6 heteroatoms. The fraction of sp³-hybridized carbons (Fsp3) is 0.136. The number of thiophene rings is 1. The van der Waals surface area contributed by atoms with E-state index < -0.39 is 5.97 Å². The summed E-state index contributed by atoms with van der Waals surface area (Å²) in [6.45, 7) is 3.48. The van der Waals surface area contributed by atoms with Gasteiger partial charge in [-0.15, -0.1) is 11.3 Å². The Balaban J connectivity index is 1.57. The van der Waals surface area contributed by atoms with E-state index in [1.165, 1.54) is 11.3 Å². The molecule has 0 bridgehead atoms. The van der Waals surface area contributed by atoms with Crippen molar-refractivity contribution in [1.82, 2.24) is 0 Å². The van der Waals surface area contributed by atoms with Crippen LogP contribution in [0.25, 0.3) is 0 Å². The molecule has 0 fully saturated rings. The third-order valence-corrected chi connectivity index (χ3v) is 5.01. The molecule has 2 aromatic carbocycles. The number of Topliss-reactive ketones (excluding diaryl/α,β-unsaturated/α-hetero) is 1. The number of anilines is 1. The predicted molar refractivity (Wildman–Crippen MR) is 109 cm³/mol. The molecule has 3 aromatic rings. The van der Waals surface area contributed by atoms with Crippen LogP contribution in [0, 0.1) is 13.8 Å². The van der Waals surface area contributed by atoms with Gasteiger partial charge in [0.25, 0.3) is 5.91 Å². The fourth-order valence-corrected chi connectivity index (χ4v) is 3.33. The van der Waals surface area contributed by atoms with E-state index >= 15 is 0 Å². The van der Waals surface area contributed by atoms with Crippen molar-refractivity contribution in [2.45, 2.75) is 13.8 Å². The van der Waals surface area contributed by atoms with Crippen LogP contribution >= 0.6 is 11.3 Å². The third-order valence-electron chi connectivity index (χ3n) is 4.14. The van der Waals surface area contributed by atoms with Gasteiger partial charge in [-0.05, 0) is 55.1 Å². The predicted octanol–water partition coefficient (Wildman–Crippen LogP) is 4.66. The van der Waals surface area contributed by atoms with Crippen molar-refractivity contribution in [2.75, 3.05) is 11.9 Å². The molecule has 0 unspecified atom stereocenters. The van der Waals surface area contributed by atoms with E-state index in [-0.39, 0.29) is 18.3 Å². The Hall–Kier alpha value is -3.25. The average Bonchev–Trinajstić information content (AvgIpc) is 3.21. The van der Waals surface area contributed by atoms with Crippen LogP contribution in [0.2, 0.25) is 0 Å². The number of rotatable bonds is 6. The van der Waals surface area contributed by atoms with Crippen LogP contribution in [-0.2, 0) is 4.74 Å². The second-order valence-electron chi connectivity index (χ2n) is 6.33. The van der Waals surface area contributed by atoms with Crippen LogP contribution in [0.15, 0.2) is 60.0 Å². The van der Waals surface area contributed by atoms with Crippen molar-refractivity contribution in [3.8, 4) is 0 Å². The summed E-state index contributed by atoms with van der Waals surface area (Å²) in [4.78, 5) is 37.1. The maximum absolute atomic E-state index is 12.3. The third kappa shape index (κ3) is 4.72. The first-order chi connectivity index (χ1) is 13.4. The van der Waals surface area contributed by atoms with Crippen molar-refractivity contribution < 1.29 is 19.1 Å². The Labute approximate surface area is 167 Å². The van der Waals surface area contributed by atoms with Gasteiger partial charge in [-0.2, -0.15) is 0 Å². The second kappa shape index (κ2) is 8.63. The van der Waals surface area contributed by atoms with Crippen LogP contribution in [0.5, 0.6) is 0 Å². The number of nitrogens with one attached hydrogen (secondary N) is 1. The highest BCUT2D eigenvalue weighted by molar-refractivity contribution is 7.12. The molecule has 1 amide bonds. The lowest BCUT2D eigenvalue weighted by molar-refractivity contribution is 0.0474. The van der Waals surface area contributed by atoms with E-state index in [0.29, 0.717) is 21.7 Å². The standard InChI is InChI=1S/C22H19NO4S/c1-14-5-10-18(15(2)12-14)19(24)13-27-22(26)16-6-8-17(9-7-16)23-21(25)20-4-3-11-28-20/h3-12H,13H2,1-2H3,(H,23,25). The van der Waals surface area contributed by atoms with Gasteiger partial charge in [0.15, 0.2) is 6.61 Å². The molecule has 0 aliphatic heterocycles. The van der Waals surface area contributed by atoms with Crippen LogP contribution in [0.4, 0.5) is 5.69 Å². The number of ether oxygens (including phenoxy) is 1. The number of hydrogen-bond donors (Lipinski definition) is 1. The Kier molecular flexibility index (Phi) is 6.01. The lowest BCUT2D eigenvalue weighted by Gasteiger charge is -2.08. The Morgan fingerprint density at radius 1 is 1.00 bits per heavy atom. The van der Waals surface area contributed by atoms with Gasteiger partial charge in [0.2, 0.25) is 5.78 Å². The van der Waals surface area contributed by atoms with Crippen molar-refractivity contribution in [3.63, 3.8) is 0 Å². The molecule has 28 heavy (non-hydrogen) atoms. The molecule has 0 radical (unpaired) electrons. The first kappa shape index (κ1) is 19.5. The number of carbonyl (C=O) groups is 3. The van der Waals surface area contributed by atoms with Gasteiger partial charge in [0.1, 0.15) is 0 Å².